The summed E-state index contributed by atoms with van der Waals surface area (Å²) < 4.78 is 4.80. The molecule has 0 aliphatic heterocycles. The van der Waals surface area contributed by atoms with E-state index in [1.807, 2.05) is 0 Å². The number of non-ortho nitro benzene ring substituents is 1. The van der Waals surface area contributed by atoms with Crippen molar-refractivity contribution in [1.82, 2.24) is 10.2 Å². The third-order valence-corrected chi connectivity index (χ3v) is 1.96. The van der Waals surface area contributed by atoms with Crippen molar-refractivity contribution >= 4 is 22.6 Å². The van der Waals surface area contributed by atoms with Crippen LogP contribution >= 0.6 is 0 Å². The Morgan fingerprint density at radius 1 is 1.56 bits per heavy atom. The fourth-order valence-corrected chi connectivity index (χ4v) is 1.38. The number of nitro benzene ring substituents is 1. The molecule has 1 heterocycles. The molecule has 7 nitrogen and oxygen atoms in total. The molecular formula is C9H7N3O4. The highest BCUT2D eigenvalue weighted by molar-refractivity contribution is 5.88. The van der Waals surface area contributed by atoms with E-state index < -0.39 is 10.9 Å². The molecule has 1 aromatic heterocycles. The van der Waals surface area contributed by atoms with Gasteiger partial charge in [0.1, 0.15) is 11.3 Å². The van der Waals surface area contributed by atoms with Crippen LogP contribution in [0.15, 0.2) is 18.3 Å². The number of benzene rings is 1. The number of ether oxygens (including phenoxy) is 1. The first-order valence-electron chi connectivity index (χ1n) is 4.38. The molecule has 0 amide bonds. The van der Waals surface area contributed by atoms with Crippen molar-refractivity contribution in [3.63, 3.8) is 0 Å². The Morgan fingerprint density at radius 2 is 2.31 bits per heavy atom. The highest BCUT2D eigenvalue weighted by Crippen LogP contribution is 2.29. The van der Waals surface area contributed by atoms with Crippen LogP contribution in [-0.4, -0.2) is 21.1 Å². The van der Waals surface area contributed by atoms with Crippen LogP contribution in [-0.2, 0) is 4.79 Å². The quantitative estimate of drug-likeness (QED) is 0.357. The SMILES string of the molecule is CC(=O)Oc1cc([N+](=O)[O-])c2[nH]ncc2c1. The number of aromatic amines is 1. The molecule has 2 aromatic rings. The van der Waals surface area contributed by atoms with Gasteiger partial charge < -0.3 is 4.74 Å². The Morgan fingerprint density at radius 3 is 2.94 bits per heavy atom. The Balaban J connectivity index is 2.61. The lowest BCUT2D eigenvalue weighted by atomic mass is 10.2. The van der Waals surface area contributed by atoms with Gasteiger partial charge in [0.25, 0.3) is 5.69 Å². The molecule has 16 heavy (non-hydrogen) atoms. The second-order valence-corrected chi connectivity index (χ2v) is 3.13. The number of carbonyl (C=O) groups excluding carboxylic acids is 1. The van der Waals surface area contributed by atoms with Gasteiger partial charge >= 0.3 is 5.97 Å². The Bertz CT molecular complexity index is 575. The molecule has 0 saturated heterocycles. The molecule has 0 radical (unpaired) electrons. The number of esters is 1. The molecule has 0 bridgehead atoms. The number of fused-ring (bicyclic) bond motifs is 1. The average molecular weight is 221 g/mol. The number of nitro groups is 1. The topological polar surface area (TPSA) is 98.1 Å². The number of H-pyrrole nitrogens is 1. The maximum atomic E-state index is 10.8. The fourth-order valence-electron chi connectivity index (χ4n) is 1.38. The number of hydrogen-bond donors (Lipinski definition) is 1. The van der Waals surface area contributed by atoms with Crippen molar-refractivity contribution in [1.29, 1.82) is 0 Å². The van der Waals surface area contributed by atoms with Crippen LogP contribution in [0, 0.1) is 10.1 Å². The van der Waals surface area contributed by atoms with E-state index in [1.54, 1.807) is 0 Å². The van der Waals surface area contributed by atoms with Crippen LogP contribution in [0.1, 0.15) is 6.92 Å². The largest absolute Gasteiger partial charge is 0.426 e. The summed E-state index contributed by atoms with van der Waals surface area (Å²) in [6.07, 6.45) is 1.43. The normalized spacial score (nSPS) is 10.3. The second-order valence-electron chi connectivity index (χ2n) is 3.13. The minimum Gasteiger partial charge on any atom is -0.426 e. The molecular weight excluding hydrogens is 214 g/mol. The number of carbonyl (C=O) groups is 1. The number of rotatable bonds is 2. The van der Waals surface area contributed by atoms with Gasteiger partial charge in [0, 0.05) is 12.3 Å². The smallest absolute Gasteiger partial charge is 0.308 e. The summed E-state index contributed by atoms with van der Waals surface area (Å²) in [7, 11) is 0. The van der Waals surface area contributed by atoms with E-state index in [0.29, 0.717) is 10.9 Å². The molecule has 0 aliphatic carbocycles. The molecule has 1 N–H and O–H groups in total. The van der Waals surface area contributed by atoms with Crippen LogP contribution < -0.4 is 4.74 Å². The zero-order valence-corrected chi connectivity index (χ0v) is 8.26. The molecule has 0 unspecified atom stereocenters. The fraction of sp³-hybridized carbons (Fsp3) is 0.111. The van der Waals surface area contributed by atoms with Gasteiger partial charge in [0.2, 0.25) is 0 Å². The van der Waals surface area contributed by atoms with E-state index in [4.69, 9.17) is 4.74 Å². The second kappa shape index (κ2) is 3.61. The molecule has 1 aromatic carbocycles. The van der Waals surface area contributed by atoms with Crippen molar-refractivity contribution in [2.24, 2.45) is 0 Å². The summed E-state index contributed by atoms with van der Waals surface area (Å²) >= 11 is 0. The standard InChI is InChI=1S/C9H7N3O4/c1-5(13)16-7-2-6-4-10-11-9(6)8(3-7)12(14)15/h2-4H,1H3,(H,10,11). The minimum atomic E-state index is -0.562. The lowest BCUT2D eigenvalue weighted by Crippen LogP contribution is -2.02. The summed E-state index contributed by atoms with van der Waals surface area (Å²) in [6, 6.07) is 2.69. The number of hydrogen-bond acceptors (Lipinski definition) is 5. The first kappa shape index (κ1) is 10.1. The highest BCUT2D eigenvalue weighted by atomic mass is 16.6. The van der Waals surface area contributed by atoms with E-state index in [2.05, 4.69) is 10.2 Å². The first-order valence-corrected chi connectivity index (χ1v) is 4.38. The number of aromatic nitrogens is 2. The predicted molar refractivity (Wildman–Crippen MR) is 54.1 cm³/mol. The maximum absolute atomic E-state index is 10.8. The lowest BCUT2D eigenvalue weighted by molar-refractivity contribution is -0.383. The monoisotopic (exact) mass is 221 g/mol. The average Bonchev–Trinajstić information content (AvgIpc) is 2.62. The Hall–Kier alpha value is -2.44. The van der Waals surface area contributed by atoms with Gasteiger partial charge in [-0.05, 0) is 6.07 Å². The summed E-state index contributed by atoms with van der Waals surface area (Å²) in [4.78, 5) is 21.0. The molecule has 0 spiro atoms. The number of nitrogens with one attached hydrogen (secondary N) is 1. The molecule has 7 heteroatoms. The van der Waals surface area contributed by atoms with Crippen molar-refractivity contribution < 1.29 is 14.5 Å². The van der Waals surface area contributed by atoms with E-state index in [1.165, 1.54) is 25.3 Å². The van der Waals surface area contributed by atoms with E-state index in [-0.39, 0.29) is 11.4 Å². The van der Waals surface area contributed by atoms with Gasteiger partial charge in [0.15, 0.2) is 0 Å². The van der Waals surface area contributed by atoms with Crippen LogP contribution in [0.3, 0.4) is 0 Å². The molecule has 2 rings (SSSR count). The first-order chi connectivity index (χ1) is 7.58. The van der Waals surface area contributed by atoms with E-state index in [0.717, 1.165) is 0 Å². The summed E-state index contributed by atoms with van der Waals surface area (Å²) in [5, 5.41) is 17.5. The molecule has 0 fully saturated rings. The molecule has 0 saturated carbocycles. The third-order valence-electron chi connectivity index (χ3n) is 1.96. The van der Waals surface area contributed by atoms with Crippen molar-refractivity contribution in [2.45, 2.75) is 6.92 Å². The summed E-state index contributed by atoms with van der Waals surface area (Å²) in [6.45, 7) is 1.23. The minimum absolute atomic E-state index is 0.133. The summed E-state index contributed by atoms with van der Waals surface area (Å²) in [5.74, 6) is -0.398. The van der Waals surface area contributed by atoms with Gasteiger partial charge in [-0.2, -0.15) is 5.10 Å². The van der Waals surface area contributed by atoms with E-state index >= 15 is 0 Å². The van der Waals surface area contributed by atoms with Gasteiger partial charge in [-0.3, -0.25) is 20.0 Å². The van der Waals surface area contributed by atoms with Gasteiger partial charge in [-0.15, -0.1) is 0 Å². The van der Waals surface area contributed by atoms with E-state index in [9.17, 15) is 14.9 Å². The molecule has 0 atom stereocenters. The van der Waals surface area contributed by atoms with Gasteiger partial charge in [-0.25, -0.2) is 0 Å². The summed E-state index contributed by atoms with van der Waals surface area (Å²) in [5.41, 5.74) is 0.132. The Kier molecular flexibility index (Phi) is 2.28. The lowest BCUT2D eigenvalue weighted by Gasteiger charge is -2.01. The van der Waals surface area contributed by atoms with Crippen molar-refractivity contribution in [3.05, 3.63) is 28.4 Å². The highest BCUT2D eigenvalue weighted by Gasteiger charge is 2.16. The van der Waals surface area contributed by atoms with Crippen molar-refractivity contribution in [2.75, 3.05) is 0 Å². The van der Waals surface area contributed by atoms with Gasteiger partial charge in [0.05, 0.1) is 17.2 Å². The predicted octanol–water partition coefficient (Wildman–Crippen LogP) is 1.40. The molecule has 82 valence electrons. The Labute approximate surface area is 89.2 Å². The van der Waals surface area contributed by atoms with Crippen LogP contribution in [0.5, 0.6) is 5.75 Å². The third kappa shape index (κ3) is 1.70. The number of nitrogens with zero attached hydrogens (tertiary/aromatic N) is 2. The zero-order chi connectivity index (χ0) is 11.7. The van der Waals surface area contributed by atoms with Crippen LogP contribution in [0.25, 0.3) is 10.9 Å². The van der Waals surface area contributed by atoms with Gasteiger partial charge in [-0.1, -0.05) is 0 Å². The molecule has 0 aliphatic rings. The zero-order valence-electron chi connectivity index (χ0n) is 8.26. The van der Waals surface area contributed by atoms with Crippen LogP contribution in [0.4, 0.5) is 5.69 Å². The maximum Gasteiger partial charge on any atom is 0.308 e. The van der Waals surface area contributed by atoms with Crippen LogP contribution in [0.2, 0.25) is 0 Å². The van der Waals surface area contributed by atoms with Crippen molar-refractivity contribution in [3.8, 4) is 5.75 Å².